The third kappa shape index (κ3) is 14.3. The zero-order valence-electron chi connectivity index (χ0n) is 43.8. The molecule has 0 unspecified atom stereocenters. The second-order valence-corrected chi connectivity index (χ2v) is 20.9. The Labute approximate surface area is 503 Å². The molecule has 0 saturated carbocycles. The van der Waals surface area contributed by atoms with Gasteiger partial charge in [0, 0.05) is 61.3 Å². The number of nitrogens with one attached hydrogen (secondary N) is 1. The molecule has 0 aliphatic rings. The van der Waals surface area contributed by atoms with Gasteiger partial charge in [-0.15, -0.1) is 0 Å². The molecule has 0 aromatic heterocycles. The van der Waals surface area contributed by atoms with Crippen LogP contribution in [0.5, 0.6) is 0 Å². The van der Waals surface area contributed by atoms with Gasteiger partial charge in [0.15, 0.2) is 0 Å². The first-order chi connectivity index (χ1) is 39.8. The van der Waals surface area contributed by atoms with Crippen LogP contribution in [-0.4, -0.2) is 0 Å². The normalized spacial score (nSPS) is 10.5. The van der Waals surface area contributed by atoms with Crippen molar-refractivity contribution in [2.45, 2.75) is 0 Å². The van der Waals surface area contributed by atoms with Crippen molar-refractivity contribution in [1.82, 2.24) is 0 Å². The molecule has 0 amide bonds. The maximum atomic E-state index is 6.83. The lowest BCUT2D eigenvalue weighted by Gasteiger charge is -2.30. The molecular weight excluding hydrogens is 1140 g/mol. The Morgan fingerprint density at radius 3 is 1.02 bits per heavy atom. The number of hydrogen-bond donors (Lipinski definition) is 1. The summed E-state index contributed by atoms with van der Waals surface area (Å²) in [4.78, 5) is 6.67. The van der Waals surface area contributed by atoms with Crippen molar-refractivity contribution in [2.75, 3.05) is 20.0 Å². The van der Waals surface area contributed by atoms with Gasteiger partial charge < -0.3 is 20.0 Å². The van der Waals surface area contributed by atoms with Gasteiger partial charge in [0.25, 0.3) is 0 Å². The van der Waals surface area contributed by atoms with E-state index in [4.69, 9.17) is 46.4 Å². The molecule has 12 rings (SSSR count). The van der Waals surface area contributed by atoms with Crippen LogP contribution in [0.2, 0.25) is 20.1 Å². The Hall–Kier alpha value is -8.52. The molecule has 0 spiro atoms. The monoisotopic (exact) mass is 1190 g/mol. The van der Waals surface area contributed by atoms with Crippen molar-refractivity contribution < 1.29 is 0 Å². The van der Waals surface area contributed by atoms with Crippen LogP contribution in [0.1, 0.15) is 0 Å². The van der Waals surface area contributed by atoms with Crippen LogP contribution in [0.15, 0.2) is 320 Å². The lowest BCUT2D eigenvalue weighted by Crippen LogP contribution is -2.13. The van der Waals surface area contributed by atoms with Crippen molar-refractivity contribution in [3.63, 3.8) is 0 Å². The van der Waals surface area contributed by atoms with Crippen LogP contribution in [0, 0.1) is 0 Å². The maximum Gasteiger partial charge on any atom is 0.0832 e. The standard InChI is InChI=1S/C36H26Cl2N2.C30H24N2.C6H3BrCl2/c37-34-20-11-21-35(36(34)38)40(31-24-22-28(23-25-31)27-12-4-1-5-13-27)33-19-10-18-32(26-33)39(29-14-6-2-7-15-29)30-16-8-3-9-17-30;1-4-11-24(12-5-1)25-19-21-26(22-20-25)31-27-13-10-18-30(23-27)32(28-14-6-2-7-15-28)29-16-8-3-9-17-29;7-4-2-1-3-5(8)6(4)9/h1-26H;1-23,31H;1-3H. The predicted octanol–water partition coefficient (Wildman–Crippen LogP) is 23.9. The van der Waals surface area contributed by atoms with E-state index in [0.717, 1.165) is 72.6 Å². The Balaban J connectivity index is 0.000000160. The number of hydrogen-bond acceptors (Lipinski definition) is 4. The molecule has 12 aromatic carbocycles. The maximum absolute atomic E-state index is 6.83. The van der Waals surface area contributed by atoms with Gasteiger partial charge >= 0.3 is 0 Å². The van der Waals surface area contributed by atoms with E-state index in [-0.39, 0.29) is 0 Å². The van der Waals surface area contributed by atoms with Gasteiger partial charge in [0.05, 0.1) is 25.8 Å². The van der Waals surface area contributed by atoms with Gasteiger partial charge in [-0.1, -0.05) is 228 Å². The van der Waals surface area contributed by atoms with E-state index in [2.05, 4.69) is 279 Å². The lowest BCUT2D eigenvalue weighted by atomic mass is 10.0. The fourth-order valence-corrected chi connectivity index (χ4v) is 10.4. The van der Waals surface area contributed by atoms with E-state index in [1.807, 2.05) is 66.7 Å². The van der Waals surface area contributed by atoms with Gasteiger partial charge in [-0.2, -0.15) is 0 Å². The van der Waals surface area contributed by atoms with Crippen molar-refractivity contribution in [1.29, 1.82) is 0 Å². The lowest BCUT2D eigenvalue weighted by molar-refractivity contribution is 1.25. The van der Waals surface area contributed by atoms with E-state index in [1.165, 1.54) is 16.7 Å². The van der Waals surface area contributed by atoms with Gasteiger partial charge in [-0.25, -0.2) is 0 Å². The molecule has 0 heterocycles. The fraction of sp³-hybridized carbons (Fsp3) is 0. The molecule has 0 atom stereocenters. The highest BCUT2D eigenvalue weighted by molar-refractivity contribution is 9.10. The first kappa shape index (κ1) is 55.8. The average Bonchev–Trinajstić information content (AvgIpc) is 3.53. The first-order valence-electron chi connectivity index (χ1n) is 26.2. The van der Waals surface area contributed by atoms with Crippen molar-refractivity contribution in [2.24, 2.45) is 0 Å². The number of para-hydroxylation sites is 4. The Morgan fingerprint density at radius 1 is 0.247 bits per heavy atom. The third-order valence-corrected chi connectivity index (χ3v) is 15.6. The summed E-state index contributed by atoms with van der Waals surface area (Å²) in [6.07, 6.45) is 0. The van der Waals surface area contributed by atoms with Crippen LogP contribution in [-0.2, 0) is 0 Å². The van der Waals surface area contributed by atoms with Gasteiger partial charge in [-0.3, -0.25) is 0 Å². The summed E-state index contributed by atoms with van der Waals surface area (Å²) in [5, 5.41) is 5.71. The van der Waals surface area contributed by atoms with E-state index < -0.39 is 0 Å². The van der Waals surface area contributed by atoms with E-state index in [0.29, 0.717) is 20.1 Å². The summed E-state index contributed by atoms with van der Waals surface area (Å²) in [6, 6.07) is 108. The van der Waals surface area contributed by atoms with E-state index in [1.54, 1.807) is 6.07 Å². The minimum Gasteiger partial charge on any atom is -0.355 e. The highest BCUT2D eigenvalue weighted by Crippen LogP contribution is 2.45. The summed E-state index contributed by atoms with van der Waals surface area (Å²) >= 11 is 27.9. The minimum atomic E-state index is 0.504. The highest BCUT2D eigenvalue weighted by atomic mass is 79.9. The fourth-order valence-electron chi connectivity index (χ4n) is 9.24. The molecule has 4 nitrogen and oxygen atoms in total. The molecule has 1 N–H and O–H groups in total. The molecule has 0 saturated heterocycles. The van der Waals surface area contributed by atoms with Gasteiger partial charge in [-0.05, 0) is 172 Å². The molecule has 0 fully saturated rings. The zero-order valence-corrected chi connectivity index (χ0v) is 48.4. The average molecular weight is 1200 g/mol. The quantitative estimate of drug-likeness (QED) is 0.116. The summed E-state index contributed by atoms with van der Waals surface area (Å²) < 4.78 is 0.830. The van der Waals surface area contributed by atoms with Crippen LogP contribution in [0.4, 0.5) is 62.6 Å². The summed E-state index contributed by atoms with van der Waals surface area (Å²) in [7, 11) is 0. The molecule has 0 aliphatic heterocycles. The van der Waals surface area contributed by atoms with Crippen LogP contribution < -0.4 is 20.0 Å². The van der Waals surface area contributed by atoms with Crippen LogP contribution in [0.25, 0.3) is 22.3 Å². The number of rotatable bonds is 13. The van der Waals surface area contributed by atoms with Gasteiger partial charge in [0.2, 0.25) is 0 Å². The summed E-state index contributed by atoms with van der Waals surface area (Å²) in [5.41, 5.74) is 16.2. The topological polar surface area (TPSA) is 21.8 Å². The smallest absolute Gasteiger partial charge is 0.0832 e. The first-order valence-corrected chi connectivity index (χ1v) is 28.5. The molecule has 9 heteroatoms. The number of benzene rings is 12. The van der Waals surface area contributed by atoms with Crippen molar-refractivity contribution in [3.05, 3.63) is 340 Å². The van der Waals surface area contributed by atoms with Gasteiger partial charge in [0.1, 0.15) is 0 Å². The molecule has 81 heavy (non-hydrogen) atoms. The SMILES string of the molecule is Clc1cccc(Br)c1Cl.Clc1cccc(N(c2ccc(-c3ccccc3)cc2)c2cccc(N(c3ccccc3)c3ccccc3)c2)c1Cl.c1ccc(-c2ccc(Nc3cccc(N(c4ccccc4)c4ccccc4)c3)cc2)cc1. The summed E-state index contributed by atoms with van der Waals surface area (Å²) in [6.45, 7) is 0. The molecule has 0 radical (unpaired) electrons. The number of nitrogens with zero attached hydrogens (tertiary/aromatic N) is 3. The number of anilines is 11. The van der Waals surface area contributed by atoms with Crippen LogP contribution >= 0.6 is 62.3 Å². The molecular formula is C72H53BrCl4N4. The van der Waals surface area contributed by atoms with E-state index in [9.17, 15) is 0 Å². The second kappa shape index (κ2) is 27.6. The molecule has 12 aromatic rings. The van der Waals surface area contributed by atoms with Crippen LogP contribution in [0.3, 0.4) is 0 Å². The largest absolute Gasteiger partial charge is 0.355 e. The number of halogens is 5. The Kier molecular flexibility index (Phi) is 19.0. The van der Waals surface area contributed by atoms with E-state index >= 15 is 0 Å². The molecule has 0 aliphatic carbocycles. The predicted molar refractivity (Wildman–Crippen MR) is 352 cm³/mol. The Morgan fingerprint density at radius 2 is 0.580 bits per heavy atom. The molecule has 396 valence electrons. The minimum absolute atomic E-state index is 0.504. The summed E-state index contributed by atoms with van der Waals surface area (Å²) in [5.74, 6) is 0. The van der Waals surface area contributed by atoms with Crippen molar-refractivity contribution >= 4 is 125 Å². The van der Waals surface area contributed by atoms with Crippen molar-refractivity contribution in [3.8, 4) is 22.3 Å². The Bertz CT molecular complexity index is 3800. The third-order valence-electron chi connectivity index (χ3n) is 13.1. The molecule has 0 bridgehead atoms. The second-order valence-electron chi connectivity index (χ2n) is 18.5. The highest BCUT2D eigenvalue weighted by Gasteiger charge is 2.20. The zero-order chi connectivity index (χ0) is 55.8.